The molecule has 0 bridgehead atoms. The molecule has 1 saturated heterocycles. The van der Waals surface area contributed by atoms with Gasteiger partial charge >= 0.3 is 0 Å². The van der Waals surface area contributed by atoms with E-state index in [9.17, 15) is 14.9 Å². The zero-order valence-corrected chi connectivity index (χ0v) is 22.3. The Bertz CT molecular complexity index is 1310. The second-order valence-corrected chi connectivity index (χ2v) is 10.2. The molecule has 0 radical (unpaired) electrons. The van der Waals surface area contributed by atoms with Crippen LogP contribution in [0.1, 0.15) is 18.1 Å². The van der Waals surface area contributed by atoms with Crippen molar-refractivity contribution < 1.29 is 19.2 Å². The van der Waals surface area contributed by atoms with Crippen LogP contribution in [0.5, 0.6) is 11.5 Å². The van der Waals surface area contributed by atoms with Crippen molar-refractivity contribution in [3.63, 3.8) is 0 Å². The molecule has 0 atom stereocenters. The molecule has 3 aromatic rings. The van der Waals surface area contributed by atoms with Gasteiger partial charge in [-0.2, -0.15) is 0 Å². The van der Waals surface area contributed by atoms with Gasteiger partial charge in [0.05, 0.1) is 25.7 Å². The number of thioether (sulfide) groups is 1. The number of ether oxygens (including phenoxy) is 2. The van der Waals surface area contributed by atoms with E-state index in [1.807, 2.05) is 49.4 Å². The normalized spacial score (nSPS) is 14.5. The van der Waals surface area contributed by atoms with Gasteiger partial charge in [-0.15, -0.1) is 0 Å². The van der Waals surface area contributed by atoms with Crippen LogP contribution in [0.2, 0.25) is 0 Å². The Kier molecular flexibility index (Phi) is 8.04. The molecule has 0 N–H and O–H groups in total. The summed E-state index contributed by atoms with van der Waals surface area (Å²) in [6, 6.07) is 19.3. The quantitative estimate of drug-likeness (QED) is 0.0928. The second-order valence-electron chi connectivity index (χ2n) is 7.33. The summed E-state index contributed by atoms with van der Waals surface area (Å²) in [5.41, 5.74) is 2.34. The monoisotopic (exact) mass is 618 g/mol. The van der Waals surface area contributed by atoms with Gasteiger partial charge in [0.15, 0.2) is 15.8 Å². The molecule has 1 amide bonds. The number of halogens is 1. The minimum absolute atomic E-state index is 0.0281. The molecule has 0 aromatic heterocycles. The van der Waals surface area contributed by atoms with Gasteiger partial charge in [0, 0.05) is 12.1 Å². The van der Waals surface area contributed by atoms with Gasteiger partial charge in [0.25, 0.3) is 11.6 Å². The number of nitrogens with zero attached hydrogens (tertiary/aromatic N) is 2. The van der Waals surface area contributed by atoms with Crippen molar-refractivity contribution >= 4 is 74.2 Å². The number of non-ortho nitro benzene ring substituents is 1. The first kappa shape index (κ1) is 25.1. The van der Waals surface area contributed by atoms with E-state index in [4.69, 9.17) is 21.7 Å². The number of carbonyl (C=O) groups is 1. The zero-order valence-electron chi connectivity index (χ0n) is 18.5. The fraction of sp³-hybridized carbons (Fsp3) is 0.120. The summed E-state index contributed by atoms with van der Waals surface area (Å²) in [6.45, 7) is 2.54. The number of para-hydroxylation sites is 1. The van der Waals surface area contributed by atoms with E-state index in [1.54, 1.807) is 18.2 Å². The van der Waals surface area contributed by atoms with E-state index in [0.29, 0.717) is 27.3 Å². The number of hydrogen-bond donors (Lipinski definition) is 0. The van der Waals surface area contributed by atoms with Crippen LogP contribution in [-0.4, -0.2) is 21.8 Å². The molecule has 10 heteroatoms. The summed E-state index contributed by atoms with van der Waals surface area (Å²) in [5.74, 6) is 0.948. The molecule has 1 aliphatic rings. The Balaban J connectivity index is 1.57. The van der Waals surface area contributed by atoms with Gasteiger partial charge in [-0.1, -0.05) is 42.2 Å². The predicted molar refractivity (Wildman–Crippen MR) is 150 cm³/mol. The lowest BCUT2D eigenvalue weighted by molar-refractivity contribution is -0.384. The number of rotatable bonds is 8. The lowest BCUT2D eigenvalue weighted by Crippen LogP contribution is -2.27. The smallest absolute Gasteiger partial charge is 0.270 e. The molecule has 178 valence electrons. The van der Waals surface area contributed by atoms with Crippen molar-refractivity contribution in [3.8, 4) is 11.5 Å². The van der Waals surface area contributed by atoms with Crippen molar-refractivity contribution in [3.05, 3.63) is 96.4 Å². The molecule has 0 aliphatic carbocycles. The minimum Gasteiger partial charge on any atom is -0.490 e. The van der Waals surface area contributed by atoms with E-state index in [2.05, 4.69) is 22.6 Å². The topological polar surface area (TPSA) is 81.9 Å². The number of carbonyl (C=O) groups excluding carboxylic acids is 1. The number of benzene rings is 3. The van der Waals surface area contributed by atoms with Gasteiger partial charge in [0.2, 0.25) is 0 Å². The van der Waals surface area contributed by atoms with Crippen molar-refractivity contribution in [2.45, 2.75) is 13.5 Å². The Morgan fingerprint density at radius 2 is 1.83 bits per heavy atom. The van der Waals surface area contributed by atoms with Crippen LogP contribution in [0.25, 0.3) is 6.08 Å². The summed E-state index contributed by atoms with van der Waals surface area (Å²) in [6.07, 6.45) is 1.80. The Labute approximate surface area is 225 Å². The van der Waals surface area contributed by atoms with Crippen LogP contribution in [0.3, 0.4) is 0 Å². The van der Waals surface area contributed by atoms with Crippen LogP contribution in [0.15, 0.2) is 71.6 Å². The fourth-order valence-corrected chi connectivity index (χ4v) is 5.44. The summed E-state index contributed by atoms with van der Waals surface area (Å²) in [7, 11) is 0. The molecule has 7 nitrogen and oxygen atoms in total. The van der Waals surface area contributed by atoms with Crippen molar-refractivity contribution in [2.75, 3.05) is 11.5 Å². The highest BCUT2D eigenvalue weighted by molar-refractivity contribution is 14.1. The van der Waals surface area contributed by atoms with Crippen LogP contribution in [0, 0.1) is 13.7 Å². The number of thiocarbonyl (C=S) groups is 1. The fourth-order valence-electron chi connectivity index (χ4n) is 3.36. The maximum Gasteiger partial charge on any atom is 0.270 e. The SMILES string of the molecule is CCOc1cc(/C=C2/SC(=S)N(c3ccccc3)C2=O)cc(I)c1OCc1ccc([N+](=O)[O-])cc1. The number of amides is 1. The average Bonchev–Trinajstić information content (AvgIpc) is 3.12. The highest BCUT2D eigenvalue weighted by Crippen LogP contribution is 2.39. The third kappa shape index (κ3) is 5.82. The highest BCUT2D eigenvalue weighted by atomic mass is 127. The molecule has 1 aliphatic heterocycles. The van der Waals surface area contributed by atoms with Gasteiger partial charge < -0.3 is 9.47 Å². The summed E-state index contributed by atoms with van der Waals surface area (Å²) in [4.78, 5) is 25.5. The molecule has 1 fully saturated rings. The number of hydrogen-bond acceptors (Lipinski definition) is 7. The molecule has 0 unspecified atom stereocenters. The molecular weight excluding hydrogens is 599 g/mol. The molecular formula is C25H19IN2O5S2. The summed E-state index contributed by atoms with van der Waals surface area (Å²) >= 11 is 8.88. The molecule has 0 saturated carbocycles. The maximum atomic E-state index is 13.1. The van der Waals surface area contributed by atoms with Gasteiger partial charge in [-0.05, 0) is 83.1 Å². The number of nitro benzene ring substituents is 1. The molecule has 1 heterocycles. The molecule has 35 heavy (non-hydrogen) atoms. The zero-order chi connectivity index (χ0) is 24.9. The minimum atomic E-state index is -0.437. The first-order valence-electron chi connectivity index (χ1n) is 10.5. The third-order valence-corrected chi connectivity index (χ3v) is 7.07. The molecule has 4 rings (SSSR count). The van der Waals surface area contributed by atoms with E-state index in [1.165, 1.54) is 28.8 Å². The maximum absolute atomic E-state index is 13.1. The number of nitro groups is 1. The van der Waals surface area contributed by atoms with Crippen LogP contribution in [0.4, 0.5) is 11.4 Å². The predicted octanol–water partition coefficient (Wildman–Crippen LogP) is 6.58. The second kappa shape index (κ2) is 11.2. The van der Waals surface area contributed by atoms with E-state index >= 15 is 0 Å². The van der Waals surface area contributed by atoms with Gasteiger partial charge in [0.1, 0.15) is 6.61 Å². The van der Waals surface area contributed by atoms with Crippen LogP contribution >= 0.6 is 46.6 Å². The first-order valence-corrected chi connectivity index (χ1v) is 12.8. The van der Waals surface area contributed by atoms with E-state index < -0.39 is 4.92 Å². The lowest BCUT2D eigenvalue weighted by Gasteiger charge is -2.15. The number of anilines is 1. The van der Waals surface area contributed by atoms with Crippen molar-refractivity contribution in [2.24, 2.45) is 0 Å². The van der Waals surface area contributed by atoms with E-state index in [-0.39, 0.29) is 18.2 Å². The highest BCUT2D eigenvalue weighted by Gasteiger charge is 2.33. The largest absolute Gasteiger partial charge is 0.490 e. The Hall–Kier alpha value is -2.96. The standard InChI is InChI=1S/C25H19IN2O5S2/c1-2-32-21-13-17(14-22-24(29)27(25(34)35-22)18-6-4-3-5-7-18)12-20(26)23(21)33-15-16-8-10-19(11-9-16)28(30)31/h3-14H,2,15H2,1H3/b22-14+. The first-order chi connectivity index (χ1) is 16.9. The van der Waals surface area contributed by atoms with Gasteiger partial charge in [-0.3, -0.25) is 19.8 Å². The van der Waals surface area contributed by atoms with Crippen LogP contribution < -0.4 is 14.4 Å². The van der Waals surface area contributed by atoms with Gasteiger partial charge in [-0.25, -0.2) is 0 Å². The van der Waals surface area contributed by atoms with Crippen molar-refractivity contribution in [1.82, 2.24) is 0 Å². The van der Waals surface area contributed by atoms with Crippen molar-refractivity contribution in [1.29, 1.82) is 0 Å². The summed E-state index contributed by atoms with van der Waals surface area (Å²) < 4.78 is 13.1. The Morgan fingerprint density at radius 3 is 2.49 bits per heavy atom. The molecule has 0 spiro atoms. The van der Waals surface area contributed by atoms with E-state index in [0.717, 1.165) is 20.4 Å². The average molecular weight is 618 g/mol. The molecule has 3 aromatic carbocycles. The third-order valence-electron chi connectivity index (χ3n) is 4.97. The van der Waals surface area contributed by atoms with Crippen LogP contribution in [-0.2, 0) is 11.4 Å². The summed E-state index contributed by atoms with van der Waals surface area (Å²) in [5, 5.41) is 10.9. The lowest BCUT2D eigenvalue weighted by atomic mass is 10.1. The Morgan fingerprint density at radius 1 is 1.11 bits per heavy atom.